The number of aromatic nitrogens is 2. The van der Waals surface area contributed by atoms with Gasteiger partial charge in [0.15, 0.2) is 11.5 Å². The Balaban J connectivity index is 1.63. The summed E-state index contributed by atoms with van der Waals surface area (Å²) in [6, 6.07) is 7.14. The van der Waals surface area contributed by atoms with Crippen LogP contribution in [0.2, 0.25) is 0 Å². The molecule has 0 radical (unpaired) electrons. The summed E-state index contributed by atoms with van der Waals surface area (Å²) in [6.45, 7) is 7.73. The molecule has 0 bridgehead atoms. The SMILES string of the molecule is C[C@@H]1CCC[C@H](C)N1c1nc2c(c(-c3ccc4c(c3)OCCO4)n1)CCNCC2. The third kappa shape index (κ3) is 3.54. The highest BCUT2D eigenvalue weighted by Crippen LogP contribution is 2.37. The highest BCUT2D eigenvalue weighted by Gasteiger charge is 2.29. The molecular formula is C23H30N4O2. The molecule has 154 valence electrons. The third-order valence-electron chi connectivity index (χ3n) is 6.41. The molecule has 4 heterocycles. The van der Waals surface area contributed by atoms with Gasteiger partial charge in [-0.05, 0) is 64.3 Å². The van der Waals surface area contributed by atoms with Gasteiger partial charge >= 0.3 is 0 Å². The van der Waals surface area contributed by atoms with E-state index in [1.54, 1.807) is 0 Å². The molecule has 1 N–H and O–H groups in total. The molecule has 5 rings (SSSR count). The first-order valence-corrected chi connectivity index (χ1v) is 11.0. The Morgan fingerprint density at radius 2 is 1.72 bits per heavy atom. The van der Waals surface area contributed by atoms with E-state index in [-0.39, 0.29) is 0 Å². The van der Waals surface area contributed by atoms with Gasteiger partial charge in [0, 0.05) is 36.2 Å². The van der Waals surface area contributed by atoms with Crippen LogP contribution in [-0.4, -0.2) is 48.4 Å². The molecule has 0 aliphatic carbocycles. The summed E-state index contributed by atoms with van der Waals surface area (Å²) in [5.74, 6) is 2.52. The van der Waals surface area contributed by atoms with Gasteiger partial charge in [-0.2, -0.15) is 0 Å². The van der Waals surface area contributed by atoms with Crippen molar-refractivity contribution in [1.29, 1.82) is 0 Å². The minimum absolute atomic E-state index is 0.466. The average molecular weight is 395 g/mol. The number of anilines is 1. The molecule has 2 aromatic rings. The molecule has 1 saturated heterocycles. The second-order valence-electron chi connectivity index (χ2n) is 8.44. The molecule has 0 saturated carbocycles. The van der Waals surface area contributed by atoms with E-state index in [4.69, 9.17) is 19.4 Å². The highest BCUT2D eigenvalue weighted by molar-refractivity contribution is 5.69. The van der Waals surface area contributed by atoms with Crippen LogP contribution in [0.5, 0.6) is 11.5 Å². The van der Waals surface area contributed by atoms with Crippen molar-refractivity contribution in [3.63, 3.8) is 0 Å². The van der Waals surface area contributed by atoms with Gasteiger partial charge in [0.25, 0.3) is 0 Å². The molecule has 2 atom stereocenters. The number of rotatable bonds is 2. The van der Waals surface area contributed by atoms with Gasteiger partial charge < -0.3 is 19.7 Å². The predicted octanol–water partition coefficient (Wildman–Crippen LogP) is 3.37. The Hall–Kier alpha value is -2.34. The first-order valence-electron chi connectivity index (χ1n) is 11.0. The van der Waals surface area contributed by atoms with Crippen molar-refractivity contribution in [2.45, 2.75) is 58.0 Å². The summed E-state index contributed by atoms with van der Waals surface area (Å²) in [5.41, 5.74) is 4.60. The molecule has 6 nitrogen and oxygen atoms in total. The molecule has 6 heteroatoms. The average Bonchev–Trinajstić information content (AvgIpc) is 2.98. The number of fused-ring (bicyclic) bond motifs is 2. The predicted molar refractivity (Wildman–Crippen MR) is 114 cm³/mol. The molecular weight excluding hydrogens is 364 g/mol. The third-order valence-corrected chi connectivity index (χ3v) is 6.41. The Morgan fingerprint density at radius 3 is 2.55 bits per heavy atom. The number of piperidine rings is 1. The van der Waals surface area contributed by atoms with Gasteiger partial charge in [0.05, 0.1) is 11.4 Å². The Bertz CT molecular complexity index is 891. The fourth-order valence-electron chi connectivity index (χ4n) is 4.89. The number of hydrogen-bond acceptors (Lipinski definition) is 6. The van der Waals surface area contributed by atoms with Crippen molar-refractivity contribution < 1.29 is 9.47 Å². The van der Waals surface area contributed by atoms with Crippen molar-refractivity contribution in [1.82, 2.24) is 15.3 Å². The van der Waals surface area contributed by atoms with Crippen LogP contribution >= 0.6 is 0 Å². The second-order valence-corrected chi connectivity index (χ2v) is 8.44. The quantitative estimate of drug-likeness (QED) is 0.843. The fraction of sp³-hybridized carbons (Fsp3) is 0.565. The maximum atomic E-state index is 5.84. The summed E-state index contributed by atoms with van der Waals surface area (Å²) in [6.07, 6.45) is 5.57. The lowest BCUT2D eigenvalue weighted by atomic mass is 9.97. The normalized spacial score (nSPS) is 24.0. The Kier molecular flexibility index (Phi) is 5.04. The Morgan fingerprint density at radius 1 is 0.966 bits per heavy atom. The zero-order valence-electron chi connectivity index (χ0n) is 17.4. The zero-order valence-corrected chi connectivity index (χ0v) is 17.4. The largest absolute Gasteiger partial charge is 0.486 e. The number of nitrogens with zero attached hydrogens (tertiary/aromatic N) is 3. The standard InChI is InChI=1S/C23H30N4O2/c1-15-4-3-5-16(2)27(15)23-25-19-9-11-24-10-8-18(19)22(26-23)17-6-7-20-21(14-17)29-13-12-28-20/h6-7,14-16,24H,3-5,8-13H2,1-2H3/t15-,16+. The highest BCUT2D eigenvalue weighted by atomic mass is 16.6. The number of benzene rings is 1. The molecule has 0 unspecified atom stereocenters. The number of hydrogen-bond donors (Lipinski definition) is 1. The maximum absolute atomic E-state index is 5.84. The van der Waals surface area contributed by atoms with E-state index in [9.17, 15) is 0 Å². The van der Waals surface area contributed by atoms with Crippen LogP contribution in [0.15, 0.2) is 18.2 Å². The second kappa shape index (κ2) is 7.82. The molecule has 3 aliphatic rings. The smallest absolute Gasteiger partial charge is 0.226 e. The number of nitrogens with one attached hydrogen (secondary N) is 1. The lowest BCUT2D eigenvalue weighted by Crippen LogP contribution is -2.45. The van der Waals surface area contributed by atoms with E-state index in [2.05, 4.69) is 36.2 Å². The van der Waals surface area contributed by atoms with Crippen LogP contribution in [0, 0.1) is 0 Å². The van der Waals surface area contributed by atoms with Gasteiger partial charge in [-0.25, -0.2) is 9.97 Å². The lowest BCUT2D eigenvalue weighted by Gasteiger charge is -2.39. The van der Waals surface area contributed by atoms with Crippen LogP contribution in [0.25, 0.3) is 11.3 Å². The molecule has 1 aromatic carbocycles. The maximum Gasteiger partial charge on any atom is 0.226 e. The summed E-state index contributed by atoms with van der Waals surface area (Å²) >= 11 is 0. The monoisotopic (exact) mass is 394 g/mol. The van der Waals surface area contributed by atoms with E-state index in [1.807, 2.05) is 6.07 Å². The van der Waals surface area contributed by atoms with Crippen molar-refractivity contribution in [2.75, 3.05) is 31.2 Å². The van der Waals surface area contributed by atoms with E-state index >= 15 is 0 Å². The van der Waals surface area contributed by atoms with Crippen molar-refractivity contribution in [3.05, 3.63) is 29.5 Å². The minimum Gasteiger partial charge on any atom is -0.486 e. The van der Waals surface area contributed by atoms with Crippen molar-refractivity contribution in [2.24, 2.45) is 0 Å². The van der Waals surface area contributed by atoms with Crippen molar-refractivity contribution >= 4 is 5.95 Å². The van der Waals surface area contributed by atoms with Crippen LogP contribution in [0.1, 0.15) is 44.4 Å². The molecule has 1 aromatic heterocycles. The topological polar surface area (TPSA) is 59.5 Å². The molecule has 1 fully saturated rings. The van der Waals surface area contributed by atoms with E-state index in [0.29, 0.717) is 25.3 Å². The van der Waals surface area contributed by atoms with Crippen LogP contribution in [-0.2, 0) is 12.8 Å². The molecule has 0 spiro atoms. The van der Waals surface area contributed by atoms with Gasteiger partial charge in [-0.1, -0.05) is 0 Å². The van der Waals surface area contributed by atoms with Crippen LogP contribution < -0.4 is 19.7 Å². The number of ether oxygens (including phenoxy) is 2. The first-order chi connectivity index (χ1) is 14.2. The van der Waals surface area contributed by atoms with Gasteiger partial charge in [0.1, 0.15) is 13.2 Å². The van der Waals surface area contributed by atoms with E-state index in [0.717, 1.165) is 54.6 Å². The lowest BCUT2D eigenvalue weighted by molar-refractivity contribution is 0.171. The minimum atomic E-state index is 0.466. The van der Waals surface area contributed by atoms with Crippen LogP contribution in [0.3, 0.4) is 0 Å². The summed E-state index contributed by atoms with van der Waals surface area (Å²) in [5, 5.41) is 3.51. The zero-order chi connectivity index (χ0) is 19.8. The summed E-state index contributed by atoms with van der Waals surface area (Å²) in [4.78, 5) is 12.7. The summed E-state index contributed by atoms with van der Waals surface area (Å²) < 4.78 is 11.6. The fourth-order valence-corrected chi connectivity index (χ4v) is 4.89. The van der Waals surface area contributed by atoms with Crippen molar-refractivity contribution in [3.8, 4) is 22.8 Å². The molecule has 0 amide bonds. The van der Waals surface area contributed by atoms with Gasteiger partial charge in [-0.3, -0.25) is 0 Å². The Labute approximate surface area is 172 Å². The molecule has 29 heavy (non-hydrogen) atoms. The van der Waals surface area contributed by atoms with Crippen LogP contribution in [0.4, 0.5) is 5.95 Å². The summed E-state index contributed by atoms with van der Waals surface area (Å²) in [7, 11) is 0. The van der Waals surface area contributed by atoms with E-state index < -0.39 is 0 Å². The van der Waals surface area contributed by atoms with Gasteiger partial charge in [0.2, 0.25) is 5.95 Å². The van der Waals surface area contributed by atoms with Gasteiger partial charge in [-0.15, -0.1) is 0 Å². The first kappa shape index (κ1) is 18.7. The van der Waals surface area contributed by atoms with E-state index in [1.165, 1.54) is 30.5 Å². The molecule has 3 aliphatic heterocycles.